The highest BCUT2D eigenvalue weighted by Crippen LogP contribution is 2.28. The van der Waals surface area contributed by atoms with Crippen LogP contribution in [0.2, 0.25) is 0 Å². The Kier molecular flexibility index (Phi) is 9.14. The number of nitrogens with zero attached hydrogens (tertiary/aromatic N) is 4. The minimum Gasteiger partial charge on any atom is -0.475 e. The van der Waals surface area contributed by atoms with Crippen molar-refractivity contribution in [3.63, 3.8) is 0 Å². The van der Waals surface area contributed by atoms with E-state index in [1.165, 1.54) is 18.2 Å². The number of aromatic nitrogens is 4. The highest BCUT2D eigenvalue weighted by atomic mass is 19.4. The minimum absolute atomic E-state index is 0.126. The van der Waals surface area contributed by atoms with E-state index < -0.39 is 30.2 Å². The molecule has 0 saturated carbocycles. The smallest absolute Gasteiger partial charge is 0.475 e. The van der Waals surface area contributed by atoms with Crippen molar-refractivity contribution >= 4 is 23.3 Å². The summed E-state index contributed by atoms with van der Waals surface area (Å²) in [6.07, 6.45) is -2.60. The molecule has 0 spiro atoms. The molecule has 3 aromatic heterocycles. The Labute approximate surface area is 212 Å². The summed E-state index contributed by atoms with van der Waals surface area (Å²) in [5.41, 5.74) is 0.560. The second-order valence-corrected chi connectivity index (χ2v) is 8.42. The molecule has 4 heterocycles. The molecular weight excluding hydrogens is 521 g/mol. The van der Waals surface area contributed by atoms with Crippen molar-refractivity contribution in [2.24, 2.45) is 0 Å². The first-order valence-corrected chi connectivity index (χ1v) is 11.4. The van der Waals surface area contributed by atoms with Crippen LogP contribution in [0.25, 0.3) is 5.78 Å². The zero-order valence-electron chi connectivity index (χ0n) is 20.2. The number of ether oxygens (including phenoxy) is 2. The lowest BCUT2D eigenvalue weighted by atomic mass is 9.99. The molecule has 0 bridgehead atoms. The van der Waals surface area contributed by atoms with Gasteiger partial charge in [0.05, 0.1) is 18.4 Å². The number of imidazole rings is 1. The second kappa shape index (κ2) is 12.1. The van der Waals surface area contributed by atoms with Crippen molar-refractivity contribution < 1.29 is 46.1 Å². The van der Waals surface area contributed by atoms with Crippen LogP contribution in [-0.2, 0) is 9.53 Å². The summed E-state index contributed by atoms with van der Waals surface area (Å²) in [5, 5.41) is 9.80. The van der Waals surface area contributed by atoms with Crippen LogP contribution >= 0.6 is 0 Å². The standard InChI is InChI=1S/C21H23F2N5O3.C2HF3O2/c1-12(2)31-20-17(25-19(29)15-7-3-6-14(24-15)18(22)23)10-28-9-16(26-21(28)27-20)13-5-4-8-30-11-13;3-2(4,5)1(6)7/h3,6-7,9-10,12-13,18H,4-5,8,11H2,1-2H3,(H,25,29);(H,6,7). The van der Waals surface area contributed by atoms with Crippen LogP contribution in [0.15, 0.2) is 30.6 Å². The molecule has 2 N–H and O–H groups in total. The number of amides is 1. The summed E-state index contributed by atoms with van der Waals surface area (Å²) in [6.45, 7) is 5.03. The molecular formula is C23H24F5N5O5. The van der Waals surface area contributed by atoms with E-state index in [2.05, 4.69) is 20.3 Å². The number of alkyl halides is 5. The van der Waals surface area contributed by atoms with Gasteiger partial charge in [-0.1, -0.05) is 6.07 Å². The van der Waals surface area contributed by atoms with E-state index in [9.17, 15) is 26.7 Å². The number of fused-ring (bicyclic) bond motifs is 1. The monoisotopic (exact) mass is 545 g/mol. The van der Waals surface area contributed by atoms with Gasteiger partial charge < -0.3 is 19.9 Å². The summed E-state index contributed by atoms with van der Waals surface area (Å²) in [6, 6.07) is 3.91. The van der Waals surface area contributed by atoms with Crippen LogP contribution in [0.3, 0.4) is 0 Å². The molecule has 1 fully saturated rings. The van der Waals surface area contributed by atoms with Crippen molar-refractivity contribution in [1.82, 2.24) is 19.4 Å². The first kappa shape index (κ1) is 28.7. The summed E-state index contributed by atoms with van der Waals surface area (Å²) in [4.78, 5) is 34.4. The van der Waals surface area contributed by atoms with E-state index >= 15 is 0 Å². The molecule has 3 aromatic rings. The van der Waals surface area contributed by atoms with E-state index in [0.717, 1.165) is 25.1 Å². The van der Waals surface area contributed by atoms with Gasteiger partial charge in [-0.25, -0.2) is 23.5 Å². The van der Waals surface area contributed by atoms with Gasteiger partial charge in [0, 0.05) is 24.9 Å². The van der Waals surface area contributed by atoms with Crippen LogP contribution < -0.4 is 10.1 Å². The van der Waals surface area contributed by atoms with Gasteiger partial charge in [-0.05, 0) is 38.8 Å². The molecule has 1 saturated heterocycles. The van der Waals surface area contributed by atoms with E-state index in [4.69, 9.17) is 19.4 Å². The number of nitrogens with one attached hydrogen (secondary N) is 1. The SMILES string of the molecule is CC(C)Oc1nc2nc(C3CCCOC3)cn2cc1NC(=O)c1cccc(C(F)F)n1.O=C(O)C(F)(F)F. The van der Waals surface area contributed by atoms with E-state index in [0.29, 0.717) is 18.1 Å². The third-order valence-electron chi connectivity index (χ3n) is 5.07. The van der Waals surface area contributed by atoms with E-state index in [-0.39, 0.29) is 23.6 Å². The van der Waals surface area contributed by atoms with E-state index in [1.807, 2.05) is 20.0 Å². The van der Waals surface area contributed by atoms with Gasteiger partial charge >= 0.3 is 12.1 Å². The highest BCUT2D eigenvalue weighted by Gasteiger charge is 2.38. The molecule has 1 amide bonds. The molecule has 1 aliphatic rings. The molecule has 10 nitrogen and oxygen atoms in total. The third-order valence-corrected chi connectivity index (χ3v) is 5.07. The van der Waals surface area contributed by atoms with Gasteiger partial charge in [0.15, 0.2) is 0 Å². The molecule has 4 rings (SSSR count). The zero-order valence-corrected chi connectivity index (χ0v) is 20.2. The Morgan fingerprint density at radius 3 is 2.47 bits per heavy atom. The van der Waals surface area contributed by atoms with Crippen LogP contribution in [0, 0.1) is 0 Å². The normalized spacial score (nSPS) is 15.8. The molecule has 1 unspecified atom stereocenters. The molecule has 206 valence electrons. The number of hydrogen-bond acceptors (Lipinski definition) is 7. The quantitative estimate of drug-likeness (QED) is 0.430. The zero-order chi connectivity index (χ0) is 28.0. The maximum atomic E-state index is 12.9. The number of halogens is 5. The van der Waals surface area contributed by atoms with Crippen molar-refractivity contribution in [2.75, 3.05) is 18.5 Å². The predicted octanol–water partition coefficient (Wildman–Crippen LogP) is 4.63. The first-order valence-electron chi connectivity index (χ1n) is 11.4. The van der Waals surface area contributed by atoms with E-state index in [1.54, 1.807) is 10.6 Å². The molecule has 38 heavy (non-hydrogen) atoms. The number of pyridine rings is 1. The average Bonchev–Trinajstić information content (AvgIpc) is 3.27. The minimum atomic E-state index is -5.08. The van der Waals surface area contributed by atoms with Gasteiger partial charge in [0.25, 0.3) is 12.3 Å². The topological polar surface area (TPSA) is 128 Å². The fourth-order valence-corrected chi connectivity index (χ4v) is 3.38. The van der Waals surface area contributed by atoms with Crippen LogP contribution in [0.4, 0.5) is 27.6 Å². The van der Waals surface area contributed by atoms with Crippen molar-refractivity contribution in [3.8, 4) is 5.88 Å². The molecule has 15 heteroatoms. The summed E-state index contributed by atoms with van der Waals surface area (Å²) in [5.74, 6) is -2.58. The maximum Gasteiger partial charge on any atom is 0.490 e. The van der Waals surface area contributed by atoms with Crippen molar-refractivity contribution in [3.05, 3.63) is 47.7 Å². The number of hydrogen-bond donors (Lipinski definition) is 2. The Morgan fingerprint density at radius 1 is 1.18 bits per heavy atom. The Balaban J connectivity index is 0.000000505. The third kappa shape index (κ3) is 7.57. The summed E-state index contributed by atoms with van der Waals surface area (Å²) >= 11 is 0. The molecule has 1 atom stereocenters. The van der Waals surface area contributed by atoms with Crippen LogP contribution in [0.1, 0.15) is 60.9 Å². The molecule has 0 aromatic carbocycles. The number of carboxylic acid groups (broad SMARTS) is 1. The van der Waals surface area contributed by atoms with Gasteiger partial charge in [0.1, 0.15) is 17.1 Å². The van der Waals surface area contributed by atoms with Crippen LogP contribution in [-0.4, -0.2) is 61.8 Å². The summed E-state index contributed by atoms with van der Waals surface area (Å²) < 4.78 is 70.6. The highest BCUT2D eigenvalue weighted by molar-refractivity contribution is 6.03. The van der Waals surface area contributed by atoms with Crippen LogP contribution in [0.5, 0.6) is 5.88 Å². The lowest BCUT2D eigenvalue weighted by Gasteiger charge is -2.19. The fourth-order valence-electron chi connectivity index (χ4n) is 3.38. The Bertz CT molecular complexity index is 1280. The summed E-state index contributed by atoms with van der Waals surface area (Å²) in [7, 11) is 0. The number of rotatable bonds is 6. The molecule has 1 aliphatic heterocycles. The molecule has 0 aliphatic carbocycles. The second-order valence-electron chi connectivity index (χ2n) is 8.42. The number of carboxylic acids is 1. The van der Waals surface area contributed by atoms with Crippen molar-refractivity contribution in [1.29, 1.82) is 0 Å². The number of anilines is 1. The van der Waals surface area contributed by atoms with Gasteiger partial charge in [0.2, 0.25) is 11.7 Å². The fraction of sp³-hybridized carbons (Fsp3) is 0.435. The predicted molar refractivity (Wildman–Crippen MR) is 122 cm³/mol. The number of carbonyl (C=O) groups is 2. The number of carbonyl (C=O) groups excluding carboxylic acids is 1. The maximum absolute atomic E-state index is 12.9. The average molecular weight is 545 g/mol. The first-order chi connectivity index (χ1) is 17.8. The Morgan fingerprint density at radius 2 is 1.89 bits per heavy atom. The lowest BCUT2D eigenvalue weighted by molar-refractivity contribution is -0.192. The van der Waals surface area contributed by atoms with Gasteiger partial charge in [-0.15, -0.1) is 0 Å². The number of aliphatic carboxylic acids is 1. The molecule has 0 radical (unpaired) electrons. The van der Waals surface area contributed by atoms with Gasteiger partial charge in [-0.3, -0.25) is 9.20 Å². The lowest BCUT2D eigenvalue weighted by Crippen LogP contribution is -2.21. The Hall–Kier alpha value is -3.88. The van der Waals surface area contributed by atoms with Crippen molar-refractivity contribution in [2.45, 2.75) is 51.3 Å². The largest absolute Gasteiger partial charge is 0.490 e. The van der Waals surface area contributed by atoms with Gasteiger partial charge in [-0.2, -0.15) is 18.2 Å².